The molecule has 0 spiro atoms. The van der Waals surface area contributed by atoms with Crippen molar-refractivity contribution in [1.29, 1.82) is 0 Å². The molecule has 1 saturated heterocycles. The predicted octanol–water partition coefficient (Wildman–Crippen LogP) is 0.656. The van der Waals surface area contributed by atoms with Gasteiger partial charge in [0.25, 0.3) is 0 Å². The molecule has 0 bridgehead atoms. The lowest BCUT2D eigenvalue weighted by molar-refractivity contribution is 0.0321. The largest absolute Gasteiger partial charge is 0.393 e. The number of hydrogen-bond donors (Lipinski definition) is 1. The van der Waals surface area contributed by atoms with Crippen LogP contribution in [0.1, 0.15) is 19.8 Å². The fraction of sp³-hybridized carbons (Fsp3) is 1.00. The summed E-state index contributed by atoms with van der Waals surface area (Å²) in [7, 11) is 6.02. The smallest absolute Gasteiger partial charge is 0.0582 e. The van der Waals surface area contributed by atoms with E-state index >= 15 is 0 Å². The average molecular weight is 244 g/mol. The Morgan fingerprint density at radius 1 is 1.35 bits per heavy atom. The monoisotopic (exact) mass is 244 g/mol. The van der Waals surface area contributed by atoms with Crippen LogP contribution in [0.5, 0.6) is 0 Å². The van der Waals surface area contributed by atoms with E-state index in [9.17, 15) is 5.11 Å². The molecule has 0 amide bonds. The van der Waals surface area contributed by atoms with Crippen LogP contribution in [0.25, 0.3) is 0 Å². The van der Waals surface area contributed by atoms with Crippen molar-refractivity contribution in [3.05, 3.63) is 0 Å². The fourth-order valence-corrected chi connectivity index (χ4v) is 2.36. The van der Waals surface area contributed by atoms with Crippen LogP contribution >= 0.6 is 0 Å². The third-order valence-electron chi connectivity index (χ3n) is 3.93. The average Bonchev–Trinajstić information content (AvgIpc) is 2.30. The van der Waals surface area contributed by atoms with Gasteiger partial charge in [0.2, 0.25) is 0 Å². The number of nitrogens with zero attached hydrogens (tertiary/aromatic N) is 2. The zero-order chi connectivity index (χ0) is 12.8. The van der Waals surface area contributed by atoms with E-state index in [-0.39, 0.29) is 6.10 Å². The van der Waals surface area contributed by atoms with Gasteiger partial charge in [-0.1, -0.05) is 6.92 Å². The number of aliphatic hydroxyl groups is 1. The maximum atomic E-state index is 10.2. The molecule has 1 aliphatic heterocycles. The fourth-order valence-electron chi connectivity index (χ4n) is 2.36. The molecular formula is C13H28N2O2. The van der Waals surface area contributed by atoms with Gasteiger partial charge in [0.15, 0.2) is 0 Å². The van der Waals surface area contributed by atoms with E-state index in [0.29, 0.717) is 12.0 Å². The van der Waals surface area contributed by atoms with Gasteiger partial charge in [-0.25, -0.2) is 0 Å². The Kier molecular flexibility index (Phi) is 6.41. The highest BCUT2D eigenvalue weighted by Crippen LogP contribution is 2.18. The molecular weight excluding hydrogens is 216 g/mol. The summed E-state index contributed by atoms with van der Waals surface area (Å²) in [5.74, 6) is 0.315. The van der Waals surface area contributed by atoms with Gasteiger partial charge in [-0.05, 0) is 32.9 Å². The summed E-state index contributed by atoms with van der Waals surface area (Å²) in [6, 6.07) is 0.480. The van der Waals surface area contributed by atoms with Gasteiger partial charge in [-0.15, -0.1) is 0 Å². The highest BCUT2D eigenvalue weighted by atomic mass is 16.5. The van der Waals surface area contributed by atoms with E-state index in [0.717, 1.165) is 39.1 Å². The Bertz CT molecular complexity index is 214. The maximum absolute atomic E-state index is 10.2. The Hall–Kier alpha value is -0.160. The zero-order valence-corrected chi connectivity index (χ0v) is 11.7. The van der Waals surface area contributed by atoms with E-state index in [1.165, 1.54) is 0 Å². The van der Waals surface area contributed by atoms with Gasteiger partial charge in [0, 0.05) is 39.4 Å². The summed E-state index contributed by atoms with van der Waals surface area (Å²) in [6.45, 7) is 6.13. The Balaban J connectivity index is 2.35. The summed E-state index contributed by atoms with van der Waals surface area (Å²) < 4.78 is 5.06. The first-order chi connectivity index (χ1) is 8.04. The molecule has 0 aliphatic carbocycles. The van der Waals surface area contributed by atoms with E-state index in [1.807, 2.05) is 0 Å². The highest BCUT2D eigenvalue weighted by molar-refractivity contribution is 4.82. The molecule has 0 aromatic heterocycles. The first kappa shape index (κ1) is 14.9. The standard InChI is InChI=1S/C13H28N2O2/c1-11(5-8-17-4)13(16)9-12-10-14(2)6-7-15(12)3/h11-13,16H,5-10H2,1-4H3. The lowest BCUT2D eigenvalue weighted by Gasteiger charge is -2.39. The zero-order valence-electron chi connectivity index (χ0n) is 11.7. The summed E-state index contributed by atoms with van der Waals surface area (Å²) in [5.41, 5.74) is 0. The van der Waals surface area contributed by atoms with Crippen molar-refractivity contribution in [3.8, 4) is 0 Å². The minimum atomic E-state index is -0.218. The number of hydrogen-bond acceptors (Lipinski definition) is 4. The van der Waals surface area contributed by atoms with E-state index in [2.05, 4.69) is 30.8 Å². The van der Waals surface area contributed by atoms with Crippen molar-refractivity contribution in [1.82, 2.24) is 9.80 Å². The van der Waals surface area contributed by atoms with Crippen LogP contribution in [0.2, 0.25) is 0 Å². The van der Waals surface area contributed by atoms with Crippen LogP contribution in [0.15, 0.2) is 0 Å². The lowest BCUT2D eigenvalue weighted by Crippen LogP contribution is -2.51. The molecule has 4 heteroatoms. The summed E-state index contributed by atoms with van der Waals surface area (Å²) in [5, 5.41) is 10.2. The Labute approximate surface area is 106 Å². The van der Waals surface area contributed by atoms with Crippen molar-refractivity contribution in [2.45, 2.75) is 31.9 Å². The minimum absolute atomic E-state index is 0.218. The van der Waals surface area contributed by atoms with Gasteiger partial charge in [-0.3, -0.25) is 0 Å². The molecule has 1 N–H and O–H groups in total. The molecule has 4 nitrogen and oxygen atoms in total. The van der Waals surface area contributed by atoms with Crippen molar-refractivity contribution < 1.29 is 9.84 Å². The van der Waals surface area contributed by atoms with E-state index in [4.69, 9.17) is 4.74 Å². The third kappa shape index (κ3) is 4.92. The summed E-state index contributed by atoms with van der Waals surface area (Å²) in [6.07, 6.45) is 1.58. The topological polar surface area (TPSA) is 35.9 Å². The second-order valence-corrected chi connectivity index (χ2v) is 5.46. The number of piperazine rings is 1. The second-order valence-electron chi connectivity index (χ2n) is 5.46. The van der Waals surface area contributed by atoms with Gasteiger partial charge in [0.1, 0.15) is 0 Å². The first-order valence-electron chi connectivity index (χ1n) is 6.60. The molecule has 0 radical (unpaired) electrons. The second kappa shape index (κ2) is 7.31. The van der Waals surface area contributed by atoms with Crippen LogP contribution in [0.3, 0.4) is 0 Å². The molecule has 1 aliphatic rings. The number of aliphatic hydroxyl groups excluding tert-OH is 1. The van der Waals surface area contributed by atoms with Gasteiger partial charge >= 0.3 is 0 Å². The molecule has 1 fully saturated rings. The molecule has 0 aromatic rings. The normalized spacial score (nSPS) is 27.0. The van der Waals surface area contributed by atoms with Crippen LogP contribution < -0.4 is 0 Å². The minimum Gasteiger partial charge on any atom is -0.393 e. The molecule has 0 saturated carbocycles. The third-order valence-corrected chi connectivity index (χ3v) is 3.93. The predicted molar refractivity (Wildman–Crippen MR) is 70.2 cm³/mol. The van der Waals surface area contributed by atoms with Crippen LogP contribution in [0.4, 0.5) is 0 Å². The summed E-state index contributed by atoms with van der Waals surface area (Å²) in [4.78, 5) is 4.71. The quantitative estimate of drug-likeness (QED) is 0.744. The van der Waals surface area contributed by atoms with Crippen molar-refractivity contribution >= 4 is 0 Å². The highest BCUT2D eigenvalue weighted by Gasteiger charge is 2.26. The molecule has 1 rings (SSSR count). The Morgan fingerprint density at radius 3 is 2.71 bits per heavy atom. The number of rotatable bonds is 6. The van der Waals surface area contributed by atoms with E-state index < -0.39 is 0 Å². The molecule has 17 heavy (non-hydrogen) atoms. The number of ether oxygens (including phenoxy) is 1. The van der Waals surface area contributed by atoms with Crippen molar-refractivity contribution in [2.24, 2.45) is 5.92 Å². The number of methoxy groups -OCH3 is 1. The first-order valence-corrected chi connectivity index (χ1v) is 6.60. The van der Waals surface area contributed by atoms with Crippen molar-refractivity contribution in [2.75, 3.05) is 47.4 Å². The molecule has 0 aromatic carbocycles. The lowest BCUT2D eigenvalue weighted by atomic mass is 9.94. The molecule has 102 valence electrons. The van der Waals surface area contributed by atoms with Crippen molar-refractivity contribution in [3.63, 3.8) is 0 Å². The van der Waals surface area contributed by atoms with Gasteiger partial charge in [0.05, 0.1) is 6.10 Å². The Morgan fingerprint density at radius 2 is 2.06 bits per heavy atom. The van der Waals surface area contributed by atoms with E-state index in [1.54, 1.807) is 7.11 Å². The van der Waals surface area contributed by atoms with Crippen LogP contribution in [0, 0.1) is 5.92 Å². The molecule has 1 heterocycles. The molecule has 3 atom stereocenters. The number of likely N-dealkylation sites (N-methyl/N-ethyl adjacent to an activating group) is 2. The summed E-state index contributed by atoms with van der Waals surface area (Å²) >= 11 is 0. The van der Waals surface area contributed by atoms with Crippen LogP contribution in [-0.4, -0.2) is 74.5 Å². The molecule has 3 unspecified atom stereocenters. The van der Waals surface area contributed by atoms with Gasteiger partial charge in [-0.2, -0.15) is 0 Å². The van der Waals surface area contributed by atoms with Crippen LogP contribution in [-0.2, 0) is 4.74 Å². The maximum Gasteiger partial charge on any atom is 0.0582 e. The van der Waals surface area contributed by atoms with Gasteiger partial charge < -0.3 is 19.6 Å². The SMILES string of the molecule is COCCC(C)C(O)CC1CN(C)CCN1C.